The van der Waals surface area contributed by atoms with E-state index in [-0.39, 0.29) is 11.3 Å². The van der Waals surface area contributed by atoms with Gasteiger partial charge in [0.25, 0.3) is 10.0 Å². The van der Waals surface area contributed by atoms with Crippen LogP contribution in [0.5, 0.6) is 0 Å². The lowest BCUT2D eigenvalue weighted by molar-refractivity contribution is -0.117. The lowest BCUT2D eigenvalue weighted by Gasteiger charge is -2.23. The van der Waals surface area contributed by atoms with Gasteiger partial charge in [-0.3, -0.25) is 9.10 Å². The zero-order valence-electron chi connectivity index (χ0n) is 14.4. The van der Waals surface area contributed by atoms with E-state index in [1.807, 2.05) is 0 Å². The summed E-state index contributed by atoms with van der Waals surface area (Å²) in [5.41, 5.74) is 7.76. The Hall–Kier alpha value is -2.05. The second-order valence-electron chi connectivity index (χ2n) is 5.93. The van der Waals surface area contributed by atoms with Crippen LogP contribution in [0.15, 0.2) is 41.3 Å². The molecule has 5 nitrogen and oxygen atoms in total. The van der Waals surface area contributed by atoms with Crippen LogP contribution in [0.25, 0.3) is 0 Å². The number of hydrogen-bond acceptors (Lipinski definition) is 3. The molecule has 0 aromatic heterocycles. The average Bonchev–Trinajstić information content (AvgIpc) is 2.55. The molecule has 0 unspecified atom stereocenters. The normalized spacial score (nSPS) is 11.4. The van der Waals surface area contributed by atoms with Gasteiger partial charge in [0.2, 0.25) is 5.91 Å². The Morgan fingerprint density at radius 3 is 2.44 bits per heavy atom. The van der Waals surface area contributed by atoms with Crippen molar-refractivity contribution in [3.05, 3.63) is 58.1 Å². The number of rotatable bonds is 6. The zero-order chi connectivity index (χ0) is 18.8. The van der Waals surface area contributed by atoms with Crippen LogP contribution >= 0.6 is 11.6 Å². The standard InChI is InChI=1S/C18H21ClN2O3S/c1-12-11-17(13(2)10-15(12)19)25(23,24)21(3)16-7-5-4-6-14(16)8-9-18(20)22/h4-7,10-11H,8-9H2,1-3H3,(H2,20,22). The van der Waals surface area contributed by atoms with Crippen molar-refractivity contribution in [2.45, 2.75) is 31.6 Å². The van der Waals surface area contributed by atoms with Crippen molar-refractivity contribution in [1.29, 1.82) is 0 Å². The first-order valence-electron chi connectivity index (χ1n) is 7.76. The number of carbonyl (C=O) groups excluding carboxylic acids is 1. The molecule has 0 aliphatic rings. The van der Waals surface area contributed by atoms with E-state index >= 15 is 0 Å². The summed E-state index contributed by atoms with van der Waals surface area (Å²) < 4.78 is 27.4. The van der Waals surface area contributed by atoms with Crippen LogP contribution in [0, 0.1) is 13.8 Å². The monoisotopic (exact) mass is 380 g/mol. The van der Waals surface area contributed by atoms with Crippen LogP contribution in [0.3, 0.4) is 0 Å². The molecular formula is C18H21ClN2O3S. The van der Waals surface area contributed by atoms with E-state index in [4.69, 9.17) is 17.3 Å². The molecule has 0 aliphatic carbocycles. The van der Waals surface area contributed by atoms with Gasteiger partial charge in [-0.25, -0.2) is 8.42 Å². The van der Waals surface area contributed by atoms with Crippen LogP contribution in [-0.2, 0) is 21.2 Å². The first-order valence-corrected chi connectivity index (χ1v) is 9.58. The van der Waals surface area contributed by atoms with E-state index in [2.05, 4.69) is 0 Å². The Balaban J connectivity index is 2.48. The Morgan fingerprint density at radius 2 is 1.80 bits per heavy atom. The van der Waals surface area contributed by atoms with Crippen molar-refractivity contribution in [2.24, 2.45) is 5.73 Å². The predicted molar refractivity (Wildman–Crippen MR) is 100 cm³/mol. The van der Waals surface area contributed by atoms with Gasteiger partial charge in [0.1, 0.15) is 0 Å². The third kappa shape index (κ3) is 4.14. The SMILES string of the molecule is Cc1cc(S(=O)(=O)N(C)c2ccccc2CCC(N)=O)c(C)cc1Cl. The van der Waals surface area contributed by atoms with Crippen LogP contribution in [-0.4, -0.2) is 21.4 Å². The predicted octanol–water partition coefficient (Wildman–Crippen LogP) is 3.20. The fourth-order valence-electron chi connectivity index (χ4n) is 2.60. The minimum absolute atomic E-state index is 0.157. The molecule has 2 rings (SSSR count). The first kappa shape index (κ1) is 19.3. The van der Waals surface area contributed by atoms with Gasteiger partial charge in [-0.2, -0.15) is 0 Å². The number of sulfonamides is 1. The van der Waals surface area contributed by atoms with Gasteiger partial charge in [-0.15, -0.1) is 0 Å². The molecule has 7 heteroatoms. The molecule has 0 bridgehead atoms. The summed E-state index contributed by atoms with van der Waals surface area (Å²) in [5, 5.41) is 0.529. The molecule has 1 amide bonds. The van der Waals surface area contributed by atoms with Gasteiger partial charge in [0.15, 0.2) is 0 Å². The second kappa shape index (κ2) is 7.45. The minimum Gasteiger partial charge on any atom is -0.370 e. The second-order valence-corrected chi connectivity index (χ2v) is 8.28. The minimum atomic E-state index is -3.76. The quantitative estimate of drug-likeness (QED) is 0.835. The Kier molecular flexibility index (Phi) is 5.75. The summed E-state index contributed by atoms with van der Waals surface area (Å²) in [6.45, 7) is 3.48. The number of nitrogens with zero attached hydrogens (tertiary/aromatic N) is 1. The lowest BCUT2D eigenvalue weighted by atomic mass is 10.1. The number of carbonyl (C=O) groups is 1. The highest BCUT2D eigenvalue weighted by atomic mass is 35.5. The van der Waals surface area contributed by atoms with Crippen LogP contribution < -0.4 is 10.0 Å². The highest BCUT2D eigenvalue weighted by Crippen LogP contribution is 2.30. The Bertz CT molecular complexity index is 911. The van der Waals surface area contributed by atoms with Crippen LogP contribution in [0.2, 0.25) is 5.02 Å². The maximum atomic E-state index is 13.1. The third-order valence-corrected chi connectivity index (χ3v) is 6.39. The van der Waals surface area contributed by atoms with Gasteiger partial charge in [0.05, 0.1) is 10.6 Å². The van der Waals surface area contributed by atoms with Crippen molar-refractivity contribution in [2.75, 3.05) is 11.4 Å². The highest BCUT2D eigenvalue weighted by molar-refractivity contribution is 7.92. The molecule has 0 saturated heterocycles. The molecular weight excluding hydrogens is 360 g/mol. The van der Waals surface area contributed by atoms with Gasteiger partial charge in [0, 0.05) is 18.5 Å². The average molecular weight is 381 g/mol. The van der Waals surface area contributed by atoms with Gasteiger partial charge >= 0.3 is 0 Å². The summed E-state index contributed by atoms with van der Waals surface area (Å²) in [6.07, 6.45) is 0.536. The number of para-hydroxylation sites is 1. The first-order chi connectivity index (χ1) is 11.6. The molecule has 2 N–H and O–H groups in total. The molecule has 0 saturated carbocycles. The molecule has 0 heterocycles. The van der Waals surface area contributed by atoms with Gasteiger partial charge < -0.3 is 5.73 Å². The topological polar surface area (TPSA) is 80.5 Å². The van der Waals surface area contributed by atoms with Crippen LogP contribution in [0.1, 0.15) is 23.1 Å². The molecule has 0 aliphatic heterocycles. The summed E-state index contributed by atoms with van der Waals surface area (Å²) in [4.78, 5) is 11.3. The lowest BCUT2D eigenvalue weighted by Crippen LogP contribution is -2.28. The largest absolute Gasteiger partial charge is 0.370 e. The maximum Gasteiger partial charge on any atom is 0.264 e. The van der Waals surface area contributed by atoms with Crippen molar-refractivity contribution in [1.82, 2.24) is 0 Å². The number of anilines is 1. The summed E-state index contributed by atoms with van der Waals surface area (Å²) in [5.74, 6) is -0.426. The fraction of sp³-hybridized carbons (Fsp3) is 0.278. The molecule has 0 fully saturated rings. The number of aryl methyl sites for hydroxylation is 3. The molecule has 25 heavy (non-hydrogen) atoms. The number of halogens is 1. The van der Waals surface area contributed by atoms with Gasteiger partial charge in [-0.1, -0.05) is 29.8 Å². The molecule has 2 aromatic carbocycles. The summed E-state index contributed by atoms with van der Waals surface area (Å²) >= 11 is 6.08. The number of primary amides is 1. The van der Waals surface area contributed by atoms with Crippen molar-refractivity contribution in [3.63, 3.8) is 0 Å². The van der Waals surface area contributed by atoms with E-state index < -0.39 is 15.9 Å². The maximum absolute atomic E-state index is 13.1. The molecule has 0 spiro atoms. The van der Waals surface area contributed by atoms with E-state index in [0.29, 0.717) is 28.3 Å². The van der Waals surface area contributed by atoms with Gasteiger partial charge in [-0.05, 0) is 55.2 Å². The number of nitrogens with two attached hydrogens (primary N) is 1. The number of hydrogen-bond donors (Lipinski definition) is 1. The molecule has 0 atom stereocenters. The van der Waals surface area contributed by atoms with E-state index in [0.717, 1.165) is 5.56 Å². The third-order valence-electron chi connectivity index (χ3n) is 4.07. The smallest absolute Gasteiger partial charge is 0.264 e. The summed E-state index contributed by atoms with van der Waals surface area (Å²) in [7, 11) is -2.26. The number of benzene rings is 2. The van der Waals surface area contributed by atoms with E-state index in [9.17, 15) is 13.2 Å². The highest BCUT2D eigenvalue weighted by Gasteiger charge is 2.25. The molecule has 0 radical (unpaired) electrons. The Morgan fingerprint density at radius 1 is 1.16 bits per heavy atom. The van der Waals surface area contributed by atoms with Crippen molar-refractivity contribution >= 4 is 33.2 Å². The Labute approximate surface area is 153 Å². The van der Waals surface area contributed by atoms with E-state index in [1.165, 1.54) is 11.4 Å². The summed E-state index contributed by atoms with van der Waals surface area (Å²) in [6, 6.07) is 10.3. The zero-order valence-corrected chi connectivity index (χ0v) is 16.0. The van der Waals surface area contributed by atoms with Crippen molar-refractivity contribution < 1.29 is 13.2 Å². The molecule has 2 aromatic rings. The number of amides is 1. The van der Waals surface area contributed by atoms with Crippen LogP contribution in [0.4, 0.5) is 5.69 Å². The van der Waals surface area contributed by atoms with E-state index in [1.54, 1.807) is 50.2 Å². The van der Waals surface area contributed by atoms with Crippen molar-refractivity contribution in [3.8, 4) is 0 Å². The fourth-order valence-corrected chi connectivity index (χ4v) is 4.34. The molecule has 134 valence electrons.